The van der Waals surface area contributed by atoms with Gasteiger partial charge in [-0.15, -0.1) is 0 Å². The summed E-state index contributed by atoms with van der Waals surface area (Å²) in [6, 6.07) is 1.52. The van der Waals surface area contributed by atoms with Crippen LogP contribution in [0.1, 0.15) is 13.8 Å². The van der Waals surface area contributed by atoms with Crippen LogP contribution in [0, 0.1) is 0 Å². The number of hydrogen-bond donors (Lipinski definition) is 2. The highest BCUT2D eigenvalue weighted by molar-refractivity contribution is 6.36. The minimum atomic E-state index is -0.160. The molecule has 5 nitrogen and oxygen atoms in total. The zero-order valence-corrected chi connectivity index (χ0v) is 11.2. The lowest BCUT2D eigenvalue weighted by molar-refractivity contribution is 0.0635. The maximum atomic E-state index is 5.96. The Morgan fingerprint density at radius 1 is 1.47 bits per heavy atom. The average molecular weight is 280 g/mol. The number of hydrazine groups is 1. The van der Waals surface area contributed by atoms with Gasteiger partial charge in [-0.3, -0.25) is 0 Å². The molecule has 0 aliphatic rings. The summed E-state index contributed by atoms with van der Waals surface area (Å²) >= 11 is 11.8. The standard InChI is InChI=1S/C10H15Cl2N3O2/c1-3-16-5-6(2)17-10-8(12)4-7(11)9(14-10)15-13/h4,6H,3,5,13H2,1-2H3,(H,14,15). The molecule has 1 unspecified atom stereocenters. The van der Waals surface area contributed by atoms with E-state index >= 15 is 0 Å². The summed E-state index contributed by atoms with van der Waals surface area (Å²) < 4.78 is 10.7. The molecule has 7 heteroatoms. The van der Waals surface area contributed by atoms with Gasteiger partial charge in [0.25, 0.3) is 0 Å². The minimum Gasteiger partial charge on any atom is -0.471 e. The van der Waals surface area contributed by atoms with Gasteiger partial charge in [0.2, 0.25) is 5.88 Å². The Morgan fingerprint density at radius 2 is 2.18 bits per heavy atom. The fraction of sp³-hybridized carbons (Fsp3) is 0.500. The molecule has 0 aliphatic heterocycles. The third-order valence-electron chi connectivity index (χ3n) is 1.90. The van der Waals surface area contributed by atoms with Crippen LogP contribution in [0.2, 0.25) is 10.0 Å². The van der Waals surface area contributed by atoms with E-state index in [0.29, 0.717) is 29.1 Å². The number of rotatable bonds is 6. The summed E-state index contributed by atoms with van der Waals surface area (Å²) in [4.78, 5) is 4.06. The van der Waals surface area contributed by atoms with Crippen molar-refractivity contribution in [1.29, 1.82) is 0 Å². The first-order valence-electron chi connectivity index (χ1n) is 5.15. The van der Waals surface area contributed by atoms with E-state index in [2.05, 4.69) is 10.4 Å². The van der Waals surface area contributed by atoms with Gasteiger partial charge in [-0.2, -0.15) is 4.98 Å². The van der Waals surface area contributed by atoms with Crippen LogP contribution in [0.15, 0.2) is 6.07 Å². The van der Waals surface area contributed by atoms with Crippen molar-refractivity contribution >= 4 is 29.0 Å². The first-order chi connectivity index (χ1) is 8.08. The van der Waals surface area contributed by atoms with E-state index in [1.54, 1.807) is 0 Å². The van der Waals surface area contributed by atoms with Crippen LogP contribution in [-0.2, 0) is 4.74 Å². The fourth-order valence-electron chi connectivity index (χ4n) is 1.14. The third-order valence-corrected chi connectivity index (χ3v) is 2.46. The number of halogens is 2. The molecule has 0 amide bonds. The summed E-state index contributed by atoms with van der Waals surface area (Å²) in [6.45, 7) is 4.86. The lowest BCUT2D eigenvalue weighted by atomic mass is 10.4. The zero-order valence-electron chi connectivity index (χ0n) is 9.67. The summed E-state index contributed by atoms with van der Waals surface area (Å²) in [7, 11) is 0. The van der Waals surface area contributed by atoms with Crippen molar-refractivity contribution in [2.75, 3.05) is 18.6 Å². The third kappa shape index (κ3) is 4.20. The molecule has 0 aliphatic carbocycles. The maximum Gasteiger partial charge on any atom is 0.235 e. The van der Waals surface area contributed by atoms with Crippen molar-refractivity contribution in [2.45, 2.75) is 20.0 Å². The minimum absolute atomic E-state index is 0.160. The van der Waals surface area contributed by atoms with Crippen LogP contribution in [-0.4, -0.2) is 24.3 Å². The van der Waals surface area contributed by atoms with E-state index in [1.165, 1.54) is 6.07 Å². The number of nitrogens with zero attached hydrogens (tertiary/aromatic N) is 1. The van der Waals surface area contributed by atoms with Crippen LogP contribution in [0.5, 0.6) is 5.88 Å². The largest absolute Gasteiger partial charge is 0.471 e. The summed E-state index contributed by atoms with van der Waals surface area (Å²) in [5.41, 5.74) is 2.37. The molecule has 1 rings (SSSR count). The zero-order chi connectivity index (χ0) is 12.8. The van der Waals surface area contributed by atoms with Crippen LogP contribution in [0.3, 0.4) is 0 Å². The molecule has 0 spiro atoms. The van der Waals surface area contributed by atoms with Crippen LogP contribution in [0.4, 0.5) is 5.82 Å². The number of ether oxygens (including phenoxy) is 2. The molecule has 1 aromatic heterocycles. The second-order valence-corrected chi connectivity index (χ2v) is 4.15. The Hall–Kier alpha value is -0.750. The Labute approximate surface area is 110 Å². The van der Waals surface area contributed by atoms with Gasteiger partial charge in [0.15, 0.2) is 5.82 Å². The first-order valence-corrected chi connectivity index (χ1v) is 5.91. The average Bonchev–Trinajstić information content (AvgIpc) is 2.30. The maximum absolute atomic E-state index is 5.96. The molecule has 0 radical (unpaired) electrons. The van der Waals surface area contributed by atoms with Gasteiger partial charge in [-0.1, -0.05) is 23.2 Å². The number of anilines is 1. The summed E-state index contributed by atoms with van der Waals surface area (Å²) in [5.74, 6) is 5.85. The van der Waals surface area contributed by atoms with E-state index in [9.17, 15) is 0 Å². The Kier molecular flexibility index (Phi) is 5.77. The van der Waals surface area contributed by atoms with Crippen LogP contribution in [0.25, 0.3) is 0 Å². The summed E-state index contributed by atoms with van der Waals surface area (Å²) in [6.07, 6.45) is -0.160. The second-order valence-electron chi connectivity index (χ2n) is 3.34. The predicted octanol–water partition coefficient (Wildman–Crippen LogP) is 2.48. The highest BCUT2D eigenvalue weighted by Crippen LogP contribution is 2.30. The molecular formula is C10H15Cl2N3O2. The normalized spacial score (nSPS) is 12.3. The van der Waals surface area contributed by atoms with Crippen molar-refractivity contribution in [1.82, 2.24) is 4.98 Å². The van der Waals surface area contributed by atoms with Crippen molar-refractivity contribution in [3.63, 3.8) is 0 Å². The Morgan fingerprint density at radius 3 is 2.76 bits per heavy atom. The summed E-state index contributed by atoms with van der Waals surface area (Å²) in [5, 5.41) is 0.666. The van der Waals surface area contributed by atoms with E-state index < -0.39 is 0 Å². The van der Waals surface area contributed by atoms with E-state index in [1.807, 2.05) is 13.8 Å². The van der Waals surface area contributed by atoms with Crippen LogP contribution < -0.4 is 16.0 Å². The van der Waals surface area contributed by atoms with Gasteiger partial charge in [0.1, 0.15) is 11.1 Å². The molecule has 0 saturated carbocycles. The van der Waals surface area contributed by atoms with Gasteiger partial charge < -0.3 is 14.9 Å². The number of nitrogens with one attached hydrogen (secondary N) is 1. The van der Waals surface area contributed by atoms with Crippen molar-refractivity contribution in [3.8, 4) is 5.88 Å². The van der Waals surface area contributed by atoms with E-state index in [-0.39, 0.29) is 12.0 Å². The molecular weight excluding hydrogens is 265 g/mol. The lowest BCUT2D eigenvalue weighted by Gasteiger charge is -2.15. The molecule has 1 aromatic rings. The number of nitrogen functional groups attached to an aromatic ring is 1. The molecule has 96 valence electrons. The molecule has 0 bridgehead atoms. The smallest absolute Gasteiger partial charge is 0.235 e. The molecule has 1 heterocycles. The van der Waals surface area contributed by atoms with Crippen molar-refractivity contribution in [2.24, 2.45) is 5.84 Å². The number of hydrogen-bond acceptors (Lipinski definition) is 5. The Balaban J connectivity index is 2.76. The molecule has 3 N–H and O–H groups in total. The fourth-order valence-corrected chi connectivity index (χ4v) is 1.60. The second kappa shape index (κ2) is 6.86. The molecule has 0 fully saturated rings. The van der Waals surface area contributed by atoms with Gasteiger partial charge >= 0.3 is 0 Å². The molecule has 0 aromatic carbocycles. The van der Waals surface area contributed by atoms with Crippen LogP contribution >= 0.6 is 23.2 Å². The van der Waals surface area contributed by atoms with Gasteiger partial charge in [0.05, 0.1) is 11.6 Å². The predicted molar refractivity (Wildman–Crippen MR) is 68.7 cm³/mol. The SMILES string of the molecule is CCOCC(C)Oc1nc(NN)c(Cl)cc1Cl. The molecule has 0 saturated heterocycles. The monoisotopic (exact) mass is 279 g/mol. The Bertz CT molecular complexity index is 377. The highest BCUT2D eigenvalue weighted by atomic mass is 35.5. The van der Waals surface area contributed by atoms with Crippen molar-refractivity contribution < 1.29 is 9.47 Å². The van der Waals surface area contributed by atoms with Crippen molar-refractivity contribution in [3.05, 3.63) is 16.1 Å². The lowest BCUT2D eigenvalue weighted by Crippen LogP contribution is -2.20. The van der Waals surface area contributed by atoms with Gasteiger partial charge in [0, 0.05) is 6.61 Å². The number of aromatic nitrogens is 1. The van der Waals surface area contributed by atoms with E-state index in [4.69, 9.17) is 38.5 Å². The quantitative estimate of drug-likeness (QED) is 0.619. The van der Waals surface area contributed by atoms with Gasteiger partial charge in [-0.25, -0.2) is 5.84 Å². The number of nitrogens with two attached hydrogens (primary N) is 1. The molecule has 17 heavy (non-hydrogen) atoms. The highest BCUT2D eigenvalue weighted by Gasteiger charge is 2.12. The topological polar surface area (TPSA) is 69.4 Å². The van der Waals surface area contributed by atoms with E-state index in [0.717, 1.165) is 0 Å². The number of pyridine rings is 1. The first kappa shape index (κ1) is 14.3. The van der Waals surface area contributed by atoms with Gasteiger partial charge in [-0.05, 0) is 19.9 Å². The molecule has 1 atom stereocenters.